The third kappa shape index (κ3) is 4.47. The molecule has 1 saturated heterocycles. The highest BCUT2D eigenvalue weighted by molar-refractivity contribution is 5.99. The number of rotatable bonds is 6. The van der Waals surface area contributed by atoms with E-state index >= 15 is 0 Å². The van der Waals surface area contributed by atoms with Gasteiger partial charge in [-0.05, 0) is 18.4 Å². The highest BCUT2D eigenvalue weighted by Gasteiger charge is 2.21. The molecule has 28 heavy (non-hydrogen) atoms. The molecule has 1 aliphatic rings. The van der Waals surface area contributed by atoms with Crippen LogP contribution >= 0.6 is 0 Å². The van der Waals surface area contributed by atoms with E-state index < -0.39 is 6.29 Å². The van der Waals surface area contributed by atoms with E-state index in [2.05, 4.69) is 10.6 Å². The summed E-state index contributed by atoms with van der Waals surface area (Å²) in [6, 6.07) is 19.7. The zero-order valence-electron chi connectivity index (χ0n) is 15.6. The van der Waals surface area contributed by atoms with Crippen LogP contribution in [0.15, 0.2) is 66.9 Å². The second kappa shape index (κ2) is 8.82. The fourth-order valence-electron chi connectivity index (χ4n) is 3.23. The summed E-state index contributed by atoms with van der Waals surface area (Å²) in [5, 5.41) is 4.66. The number of aromatic nitrogens is 2. The minimum Gasteiger partial charge on any atom is -0.350 e. The molecule has 0 aliphatic carbocycles. The fraction of sp³-hybridized carbons (Fsp3) is 0.273. The van der Waals surface area contributed by atoms with Gasteiger partial charge in [0.1, 0.15) is 5.69 Å². The number of benzene rings is 2. The lowest BCUT2D eigenvalue weighted by Gasteiger charge is -2.22. The number of hydroxylamine groups is 1. The van der Waals surface area contributed by atoms with Gasteiger partial charge in [0, 0.05) is 24.8 Å². The van der Waals surface area contributed by atoms with Crippen LogP contribution in [0.25, 0.3) is 11.3 Å². The van der Waals surface area contributed by atoms with Gasteiger partial charge in [0.15, 0.2) is 6.29 Å². The molecule has 0 radical (unpaired) electrons. The first-order valence-corrected chi connectivity index (χ1v) is 9.54. The molecular formula is C22H23N3O3. The summed E-state index contributed by atoms with van der Waals surface area (Å²) in [7, 11) is 0. The third-order valence-corrected chi connectivity index (χ3v) is 4.66. The predicted molar refractivity (Wildman–Crippen MR) is 105 cm³/mol. The number of hydrogen-bond donors (Lipinski definition) is 1. The van der Waals surface area contributed by atoms with Crippen molar-refractivity contribution in [1.82, 2.24) is 15.3 Å². The van der Waals surface area contributed by atoms with Crippen molar-refractivity contribution in [3.8, 4) is 11.3 Å². The molecule has 1 aliphatic heterocycles. The first-order valence-electron chi connectivity index (χ1n) is 9.54. The van der Waals surface area contributed by atoms with Crippen molar-refractivity contribution in [2.75, 3.05) is 6.61 Å². The molecule has 0 spiro atoms. The van der Waals surface area contributed by atoms with Gasteiger partial charge in [-0.2, -0.15) is 5.10 Å². The third-order valence-electron chi connectivity index (χ3n) is 4.66. The summed E-state index contributed by atoms with van der Waals surface area (Å²) < 4.78 is 7.29. The Bertz CT molecular complexity index is 903. The fourth-order valence-corrected chi connectivity index (χ4v) is 3.23. The van der Waals surface area contributed by atoms with Crippen LogP contribution in [-0.4, -0.2) is 28.6 Å². The average Bonchev–Trinajstić information content (AvgIpc) is 3.18. The Morgan fingerprint density at radius 3 is 2.57 bits per heavy atom. The maximum Gasteiger partial charge on any atom is 0.278 e. The summed E-state index contributed by atoms with van der Waals surface area (Å²) in [6.45, 7) is 1.24. The number of nitrogens with one attached hydrogen (secondary N) is 1. The Kier molecular flexibility index (Phi) is 5.80. The van der Waals surface area contributed by atoms with Crippen LogP contribution in [0, 0.1) is 0 Å². The Balaban J connectivity index is 1.56. The first kappa shape index (κ1) is 18.4. The van der Waals surface area contributed by atoms with Crippen molar-refractivity contribution in [2.45, 2.75) is 32.1 Å². The molecule has 4 rings (SSSR count). The van der Waals surface area contributed by atoms with E-state index in [1.807, 2.05) is 60.7 Å². The van der Waals surface area contributed by atoms with Gasteiger partial charge in [0.2, 0.25) is 0 Å². The SMILES string of the molecule is O=C(NOC1CCCCO1)c1cn(Cc2ccccc2)nc1-c1ccccc1. The molecule has 3 aromatic rings. The molecule has 2 heterocycles. The van der Waals surface area contributed by atoms with Gasteiger partial charge >= 0.3 is 0 Å². The number of carbonyl (C=O) groups is 1. The van der Waals surface area contributed by atoms with Crippen molar-refractivity contribution in [1.29, 1.82) is 0 Å². The number of hydrogen-bond acceptors (Lipinski definition) is 4. The molecule has 144 valence electrons. The Morgan fingerprint density at radius 2 is 1.86 bits per heavy atom. The van der Waals surface area contributed by atoms with Crippen LogP contribution in [0.2, 0.25) is 0 Å². The van der Waals surface area contributed by atoms with Crippen molar-refractivity contribution in [3.63, 3.8) is 0 Å². The standard InChI is InChI=1S/C22H23N3O3/c26-22(24-28-20-13-7-8-14-27-20)19-16-25(15-17-9-3-1-4-10-17)23-21(19)18-11-5-2-6-12-18/h1-6,9-12,16,20H,7-8,13-15H2,(H,24,26). The van der Waals surface area contributed by atoms with Crippen molar-refractivity contribution in [3.05, 3.63) is 78.0 Å². The number of nitrogens with zero attached hydrogens (tertiary/aromatic N) is 2. The highest BCUT2D eigenvalue weighted by Crippen LogP contribution is 2.23. The molecule has 1 fully saturated rings. The molecule has 1 N–H and O–H groups in total. The van der Waals surface area contributed by atoms with E-state index in [9.17, 15) is 4.79 Å². The maximum absolute atomic E-state index is 12.8. The molecular weight excluding hydrogens is 354 g/mol. The average molecular weight is 377 g/mol. The van der Waals surface area contributed by atoms with Gasteiger partial charge in [-0.25, -0.2) is 10.3 Å². The lowest BCUT2D eigenvalue weighted by Crippen LogP contribution is -2.33. The lowest BCUT2D eigenvalue weighted by molar-refractivity contribution is -0.186. The van der Waals surface area contributed by atoms with Crippen LogP contribution < -0.4 is 5.48 Å². The zero-order chi connectivity index (χ0) is 19.2. The van der Waals surface area contributed by atoms with E-state index in [1.54, 1.807) is 10.9 Å². The number of ether oxygens (including phenoxy) is 1. The molecule has 0 saturated carbocycles. The van der Waals surface area contributed by atoms with E-state index in [1.165, 1.54) is 0 Å². The van der Waals surface area contributed by atoms with Gasteiger partial charge in [-0.3, -0.25) is 9.48 Å². The molecule has 1 atom stereocenters. The topological polar surface area (TPSA) is 65.4 Å². The first-order chi connectivity index (χ1) is 13.8. The summed E-state index contributed by atoms with van der Waals surface area (Å²) in [5.41, 5.74) is 5.63. The second-order valence-electron chi connectivity index (χ2n) is 6.79. The molecule has 0 bridgehead atoms. The Labute approximate surface area is 164 Å². The maximum atomic E-state index is 12.8. The Morgan fingerprint density at radius 1 is 1.11 bits per heavy atom. The molecule has 6 nitrogen and oxygen atoms in total. The van der Waals surface area contributed by atoms with E-state index in [-0.39, 0.29) is 5.91 Å². The quantitative estimate of drug-likeness (QED) is 0.664. The zero-order valence-corrected chi connectivity index (χ0v) is 15.6. The van der Waals surface area contributed by atoms with Crippen molar-refractivity contribution in [2.24, 2.45) is 0 Å². The lowest BCUT2D eigenvalue weighted by atomic mass is 10.1. The minimum absolute atomic E-state index is 0.327. The monoisotopic (exact) mass is 377 g/mol. The van der Waals surface area contributed by atoms with Crippen LogP contribution in [0.3, 0.4) is 0 Å². The summed E-state index contributed by atoms with van der Waals surface area (Å²) >= 11 is 0. The highest BCUT2D eigenvalue weighted by atomic mass is 16.8. The molecule has 6 heteroatoms. The van der Waals surface area contributed by atoms with Gasteiger partial charge in [-0.15, -0.1) is 0 Å². The number of amides is 1. The minimum atomic E-state index is -0.391. The second-order valence-corrected chi connectivity index (χ2v) is 6.79. The van der Waals surface area contributed by atoms with Crippen molar-refractivity contribution >= 4 is 5.91 Å². The van der Waals surface area contributed by atoms with Crippen LogP contribution in [0.1, 0.15) is 35.2 Å². The summed E-state index contributed by atoms with van der Waals surface area (Å²) in [6.07, 6.45) is 4.20. The molecule has 1 amide bonds. The van der Waals surface area contributed by atoms with Crippen molar-refractivity contribution < 1.29 is 14.4 Å². The smallest absolute Gasteiger partial charge is 0.278 e. The Hall–Kier alpha value is -2.96. The van der Waals surface area contributed by atoms with E-state index in [0.717, 1.165) is 30.4 Å². The molecule has 1 aromatic heterocycles. The van der Waals surface area contributed by atoms with Crippen LogP contribution in [0.4, 0.5) is 0 Å². The van der Waals surface area contributed by atoms with Crippen LogP contribution in [0.5, 0.6) is 0 Å². The number of carbonyl (C=O) groups excluding carboxylic acids is 1. The summed E-state index contributed by atoms with van der Waals surface area (Å²) in [4.78, 5) is 18.3. The van der Waals surface area contributed by atoms with Gasteiger partial charge in [-0.1, -0.05) is 60.7 Å². The normalized spacial score (nSPS) is 16.6. The predicted octanol–water partition coefficient (Wildman–Crippen LogP) is 3.79. The molecule has 1 unspecified atom stereocenters. The largest absolute Gasteiger partial charge is 0.350 e. The summed E-state index contributed by atoms with van der Waals surface area (Å²) in [5.74, 6) is -0.327. The van der Waals surface area contributed by atoms with Gasteiger partial charge < -0.3 is 4.74 Å². The van der Waals surface area contributed by atoms with Crippen LogP contribution in [-0.2, 0) is 16.1 Å². The van der Waals surface area contributed by atoms with E-state index in [0.29, 0.717) is 24.4 Å². The van der Waals surface area contributed by atoms with Gasteiger partial charge in [0.25, 0.3) is 5.91 Å². The van der Waals surface area contributed by atoms with Gasteiger partial charge in [0.05, 0.1) is 12.1 Å². The van der Waals surface area contributed by atoms with E-state index in [4.69, 9.17) is 9.57 Å². The molecule has 2 aromatic carbocycles.